The van der Waals surface area contributed by atoms with Crippen LogP contribution in [0.2, 0.25) is 10.0 Å². The molecule has 3 aromatic rings. The van der Waals surface area contributed by atoms with Crippen molar-refractivity contribution in [2.45, 2.75) is 44.7 Å². The van der Waals surface area contributed by atoms with E-state index in [4.69, 9.17) is 23.2 Å². The molecule has 0 radical (unpaired) electrons. The zero-order valence-corrected chi connectivity index (χ0v) is 23.9. The highest BCUT2D eigenvalue weighted by molar-refractivity contribution is 7.92. The third kappa shape index (κ3) is 7.49. The predicted molar refractivity (Wildman–Crippen MR) is 152 cm³/mol. The second kappa shape index (κ2) is 13.1. The second-order valence-electron chi connectivity index (χ2n) is 8.93. The molecule has 1 atom stereocenters. The van der Waals surface area contributed by atoms with Gasteiger partial charge in [-0.2, -0.15) is 0 Å². The Kier molecular flexibility index (Phi) is 10.2. The number of sulfonamides is 1. The SMILES string of the molecule is CCCNC(=O)C(C)N(Cc1cccc(C)c1)C(=O)CN(c1cc(Cl)cc(Cl)c1)S(=O)(=O)c1ccccc1. The summed E-state index contributed by atoms with van der Waals surface area (Å²) in [6, 6.07) is 18.9. The standard InChI is InChI=1S/C28H31Cl2N3O4S/c1-4-13-31-28(35)21(3)32(18-22-10-8-9-20(2)14-22)27(34)19-33(25-16-23(29)15-24(30)17-25)38(36,37)26-11-6-5-7-12-26/h5-12,14-17,21H,4,13,18-19H2,1-3H3,(H,31,35). The average molecular weight is 577 g/mol. The number of amides is 2. The summed E-state index contributed by atoms with van der Waals surface area (Å²) in [5.41, 5.74) is 1.95. The normalized spacial score (nSPS) is 12.0. The smallest absolute Gasteiger partial charge is 0.264 e. The molecule has 38 heavy (non-hydrogen) atoms. The van der Waals surface area contributed by atoms with Crippen LogP contribution in [0.25, 0.3) is 0 Å². The molecular formula is C28H31Cl2N3O4S. The van der Waals surface area contributed by atoms with Crippen molar-refractivity contribution in [2.75, 3.05) is 17.4 Å². The van der Waals surface area contributed by atoms with E-state index >= 15 is 0 Å². The number of carbonyl (C=O) groups excluding carboxylic acids is 2. The van der Waals surface area contributed by atoms with Crippen molar-refractivity contribution in [3.63, 3.8) is 0 Å². The number of anilines is 1. The van der Waals surface area contributed by atoms with E-state index in [2.05, 4.69) is 5.32 Å². The van der Waals surface area contributed by atoms with E-state index in [-0.39, 0.29) is 33.1 Å². The number of aryl methyl sites for hydroxylation is 1. The highest BCUT2D eigenvalue weighted by atomic mass is 35.5. The van der Waals surface area contributed by atoms with Crippen molar-refractivity contribution in [2.24, 2.45) is 0 Å². The molecule has 0 heterocycles. The van der Waals surface area contributed by atoms with Crippen molar-refractivity contribution in [1.29, 1.82) is 0 Å². The Morgan fingerprint density at radius 1 is 0.947 bits per heavy atom. The average Bonchev–Trinajstić information content (AvgIpc) is 2.88. The number of benzene rings is 3. The zero-order valence-electron chi connectivity index (χ0n) is 21.5. The fourth-order valence-corrected chi connectivity index (χ4v) is 5.85. The molecule has 0 saturated heterocycles. The van der Waals surface area contributed by atoms with Gasteiger partial charge in [0.25, 0.3) is 10.0 Å². The Balaban J connectivity index is 2.04. The Hall–Kier alpha value is -3.07. The molecule has 1 unspecified atom stereocenters. The van der Waals surface area contributed by atoms with Gasteiger partial charge in [-0.15, -0.1) is 0 Å². The summed E-state index contributed by atoms with van der Waals surface area (Å²) in [5, 5.41) is 3.26. The second-order valence-corrected chi connectivity index (χ2v) is 11.7. The largest absolute Gasteiger partial charge is 0.354 e. The highest BCUT2D eigenvalue weighted by Crippen LogP contribution is 2.30. The number of nitrogens with zero attached hydrogens (tertiary/aromatic N) is 2. The summed E-state index contributed by atoms with van der Waals surface area (Å²) >= 11 is 12.4. The lowest BCUT2D eigenvalue weighted by Crippen LogP contribution is -2.51. The molecule has 10 heteroatoms. The van der Waals surface area contributed by atoms with Crippen LogP contribution >= 0.6 is 23.2 Å². The molecule has 1 N–H and O–H groups in total. The number of hydrogen-bond acceptors (Lipinski definition) is 4. The highest BCUT2D eigenvalue weighted by Gasteiger charge is 2.32. The van der Waals surface area contributed by atoms with E-state index in [1.807, 2.05) is 38.1 Å². The Morgan fingerprint density at radius 3 is 2.21 bits per heavy atom. The van der Waals surface area contributed by atoms with E-state index in [0.717, 1.165) is 21.9 Å². The van der Waals surface area contributed by atoms with Crippen LogP contribution in [0.4, 0.5) is 5.69 Å². The third-order valence-corrected chi connectivity index (χ3v) is 8.12. The van der Waals surface area contributed by atoms with Crippen molar-refractivity contribution >= 4 is 50.7 Å². The first-order chi connectivity index (χ1) is 18.0. The van der Waals surface area contributed by atoms with Crippen LogP contribution in [-0.4, -0.2) is 44.3 Å². The van der Waals surface area contributed by atoms with Gasteiger partial charge in [0.1, 0.15) is 12.6 Å². The van der Waals surface area contributed by atoms with Gasteiger partial charge in [0.2, 0.25) is 11.8 Å². The summed E-state index contributed by atoms with van der Waals surface area (Å²) in [6.45, 7) is 5.52. The lowest BCUT2D eigenvalue weighted by atomic mass is 10.1. The van der Waals surface area contributed by atoms with Gasteiger partial charge in [-0.25, -0.2) is 8.42 Å². The van der Waals surface area contributed by atoms with Crippen LogP contribution in [0, 0.1) is 6.92 Å². The first-order valence-electron chi connectivity index (χ1n) is 12.2. The Labute approximate surface area is 234 Å². The van der Waals surface area contributed by atoms with Crippen molar-refractivity contribution in [1.82, 2.24) is 10.2 Å². The molecule has 0 aliphatic rings. The molecule has 0 bridgehead atoms. The molecule has 0 aromatic heterocycles. The summed E-state index contributed by atoms with van der Waals surface area (Å²) in [7, 11) is -4.19. The van der Waals surface area contributed by atoms with Crippen LogP contribution in [0.1, 0.15) is 31.4 Å². The topological polar surface area (TPSA) is 86.8 Å². The number of nitrogens with one attached hydrogen (secondary N) is 1. The zero-order chi connectivity index (χ0) is 27.9. The minimum absolute atomic E-state index is 0.00266. The number of halogens is 2. The molecule has 0 aliphatic carbocycles. The van der Waals surface area contributed by atoms with Gasteiger partial charge in [0.05, 0.1) is 10.6 Å². The van der Waals surface area contributed by atoms with E-state index in [1.54, 1.807) is 25.1 Å². The molecular weight excluding hydrogens is 545 g/mol. The van der Waals surface area contributed by atoms with Crippen LogP contribution in [-0.2, 0) is 26.2 Å². The van der Waals surface area contributed by atoms with Gasteiger partial charge in [-0.3, -0.25) is 13.9 Å². The third-order valence-electron chi connectivity index (χ3n) is 5.90. The van der Waals surface area contributed by atoms with Gasteiger partial charge < -0.3 is 10.2 Å². The maximum absolute atomic E-state index is 13.9. The van der Waals surface area contributed by atoms with Gasteiger partial charge in [0.15, 0.2) is 0 Å². The summed E-state index contributed by atoms with van der Waals surface area (Å²) in [5.74, 6) is -0.877. The Morgan fingerprint density at radius 2 is 1.61 bits per heavy atom. The van der Waals surface area contributed by atoms with Gasteiger partial charge in [0, 0.05) is 23.1 Å². The molecule has 0 saturated carbocycles. The molecule has 2 amide bonds. The van der Waals surface area contributed by atoms with Gasteiger partial charge in [-0.1, -0.05) is 78.2 Å². The maximum atomic E-state index is 13.9. The molecule has 3 rings (SSSR count). The van der Waals surface area contributed by atoms with Crippen molar-refractivity contribution in [3.05, 3.63) is 94.0 Å². The molecule has 7 nitrogen and oxygen atoms in total. The van der Waals surface area contributed by atoms with E-state index in [9.17, 15) is 18.0 Å². The minimum atomic E-state index is -4.19. The van der Waals surface area contributed by atoms with Gasteiger partial charge >= 0.3 is 0 Å². The number of hydrogen-bond donors (Lipinski definition) is 1. The lowest BCUT2D eigenvalue weighted by Gasteiger charge is -2.32. The van der Waals surface area contributed by atoms with Crippen LogP contribution < -0.4 is 9.62 Å². The molecule has 0 spiro atoms. The van der Waals surface area contributed by atoms with Crippen molar-refractivity contribution in [3.8, 4) is 0 Å². The van der Waals surface area contributed by atoms with E-state index in [1.165, 1.54) is 35.2 Å². The molecule has 3 aromatic carbocycles. The fourth-order valence-electron chi connectivity index (χ4n) is 3.92. The quantitative estimate of drug-likeness (QED) is 0.330. The van der Waals surface area contributed by atoms with Crippen molar-refractivity contribution < 1.29 is 18.0 Å². The van der Waals surface area contributed by atoms with Crippen LogP contribution in [0.3, 0.4) is 0 Å². The van der Waals surface area contributed by atoms with E-state index in [0.29, 0.717) is 6.54 Å². The summed E-state index contributed by atoms with van der Waals surface area (Å²) in [6.07, 6.45) is 0.739. The molecule has 0 aliphatic heterocycles. The lowest BCUT2D eigenvalue weighted by molar-refractivity contribution is -0.139. The van der Waals surface area contributed by atoms with Gasteiger partial charge in [-0.05, 0) is 56.2 Å². The Bertz CT molecular complexity index is 1360. The summed E-state index contributed by atoms with van der Waals surface area (Å²) < 4.78 is 28.5. The number of carbonyl (C=O) groups is 2. The van der Waals surface area contributed by atoms with E-state index < -0.39 is 28.5 Å². The molecule has 0 fully saturated rings. The molecule has 202 valence electrons. The fraction of sp³-hybridized carbons (Fsp3) is 0.286. The first kappa shape index (κ1) is 29.5. The van der Waals surface area contributed by atoms with Crippen LogP contribution in [0.5, 0.6) is 0 Å². The summed E-state index contributed by atoms with van der Waals surface area (Å²) in [4.78, 5) is 28.1. The van der Waals surface area contributed by atoms with Crippen LogP contribution in [0.15, 0.2) is 77.7 Å². The minimum Gasteiger partial charge on any atom is -0.354 e. The maximum Gasteiger partial charge on any atom is 0.264 e. The number of rotatable bonds is 11. The first-order valence-corrected chi connectivity index (χ1v) is 14.4. The monoisotopic (exact) mass is 575 g/mol. The predicted octanol–water partition coefficient (Wildman–Crippen LogP) is 5.44.